The highest BCUT2D eigenvalue weighted by Gasteiger charge is 2.64. The summed E-state index contributed by atoms with van der Waals surface area (Å²) in [7, 11) is -2.37. The Bertz CT molecular complexity index is 2130. The lowest BCUT2D eigenvalue weighted by Crippen LogP contribution is -2.58. The quantitative estimate of drug-likeness (QED) is 0.304. The number of pyridine rings is 1. The first-order valence-corrected chi connectivity index (χ1v) is 22.7. The number of carbonyl (C=O) groups is 4. The van der Waals surface area contributed by atoms with Gasteiger partial charge in [-0.25, -0.2) is 18.2 Å². The van der Waals surface area contributed by atoms with E-state index < -0.39 is 67.7 Å². The predicted molar refractivity (Wildman–Crippen MR) is 216 cm³/mol. The summed E-state index contributed by atoms with van der Waals surface area (Å²) in [5.74, 6) is -0.875. The number of nitrogens with one attached hydrogen (secondary N) is 3. The molecule has 1 unspecified atom stereocenters. The molecule has 3 saturated carbocycles. The molecule has 6 aliphatic rings. The Labute approximate surface area is 340 Å². The lowest BCUT2D eigenvalue weighted by atomic mass is 9.86. The molecular formula is C43H57N5O9S. The summed E-state index contributed by atoms with van der Waals surface area (Å²) < 4.78 is 46.2. The average Bonchev–Trinajstić information content (AvgIpc) is 3.99. The number of ether oxygens (including phenoxy) is 3. The predicted octanol–water partition coefficient (Wildman–Crippen LogP) is 5.46. The number of hydrogen-bond acceptors (Lipinski definition) is 10. The molecule has 2 aromatic rings. The Balaban J connectivity index is 1.14. The maximum Gasteiger partial charge on any atom is 0.408 e. The Kier molecular flexibility index (Phi) is 10.7. The minimum atomic E-state index is -3.99. The van der Waals surface area contributed by atoms with Crippen LogP contribution >= 0.6 is 0 Å². The van der Waals surface area contributed by atoms with Crippen LogP contribution in [0.4, 0.5) is 4.79 Å². The van der Waals surface area contributed by atoms with Crippen LogP contribution in [0.1, 0.15) is 128 Å². The number of sulfonamides is 1. The van der Waals surface area contributed by atoms with Crippen LogP contribution in [-0.4, -0.2) is 89.8 Å². The Morgan fingerprint density at radius 3 is 2.52 bits per heavy atom. The van der Waals surface area contributed by atoms with Crippen LogP contribution in [0.25, 0.3) is 10.9 Å². The van der Waals surface area contributed by atoms with Gasteiger partial charge < -0.3 is 29.7 Å². The number of nitrogens with zero attached hydrogens (tertiary/aromatic N) is 2. The molecule has 58 heavy (non-hydrogen) atoms. The van der Waals surface area contributed by atoms with Crippen molar-refractivity contribution in [2.75, 3.05) is 13.7 Å². The van der Waals surface area contributed by atoms with Crippen LogP contribution in [0, 0.1) is 5.92 Å². The number of amides is 4. The highest BCUT2D eigenvalue weighted by atomic mass is 32.2. The van der Waals surface area contributed by atoms with Crippen molar-refractivity contribution in [2.24, 2.45) is 5.92 Å². The number of fused-ring (bicyclic) bond motifs is 5. The van der Waals surface area contributed by atoms with Crippen molar-refractivity contribution >= 4 is 44.7 Å². The average molecular weight is 820 g/mol. The molecule has 4 fully saturated rings. The largest absolute Gasteiger partial charge is 0.497 e. The number of hydrogen-bond donors (Lipinski definition) is 3. The molecule has 0 radical (unpaired) electrons. The lowest BCUT2D eigenvalue weighted by molar-refractivity contribution is -0.141. The first-order valence-electron chi connectivity index (χ1n) is 21.2. The molecule has 0 bridgehead atoms. The molecule has 1 aromatic carbocycles. The molecule has 5 atom stereocenters. The topological polar surface area (TPSA) is 182 Å². The van der Waals surface area contributed by atoms with Crippen LogP contribution in [0.2, 0.25) is 0 Å². The summed E-state index contributed by atoms with van der Waals surface area (Å²) in [4.78, 5) is 63.6. The van der Waals surface area contributed by atoms with E-state index in [0.29, 0.717) is 56.4 Å². The smallest absolute Gasteiger partial charge is 0.408 e. The highest BCUT2D eigenvalue weighted by Crippen LogP contribution is 2.49. The van der Waals surface area contributed by atoms with Crippen LogP contribution in [0.3, 0.4) is 0 Å². The molecule has 14 nitrogen and oxygen atoms in total. The van der Waals surface area contributed by atoms with Crippen LogP contribution in [0.15, 0.2) is 30.4 Å². The van der Waals surface area contributed by atoms with Gasteiger partial charge in [0.15, 0.2) is 0 Å². The van der Waals surface area contributed by atoms with Crippen molar-refractivity contribution in [1.82, 2.24) is 25.2 Å². The van der Waals surface area contributed by atoms with Crippen molar-refractivity contribution in [3.05, 3.63) is 41.6 Å². The van der Waals surface area contributed by atoms with Crippen LogP contribution in [-0.2, 0) is 35.6 Å². The maximum absolute atomic E-state index is 14.9. The summed E-state index contributed by atoms with van der Waals surface area (Å²) in [6.45, 7) is 5.76. The standard InChI is InChI=1S/C43H57N5O9S/c1-26(2)35-36-30(31-22-29(55-4)16-17-32(31)44-35)18-19-42(57-36)24-34-37(49)46-43(39(51)47-58(53,54)41(3)20-21-41)23-27(43)12-8-6-5-7-9-15-33(38(50)48(34)25-42)45-40(52)56-28-13-10-11-14-28/h8,12,16-17,22,26-28,33-34H,5-7,9-11,13-15,18-21,23-25H2,1-4H3,(H,45,52)(H,46,49)(H,47,51)/b12-8-/t27?,33-,34-,42+,43+/m0/s1. The van der Waals surface area contributed by atoms with E-state index in [9.17, 15) is 27.6 Å². The van der Waals surface area contributed by atoms with Gasteiger partial charge in [0.1, 0.15) is 40.8 Å². The number of alkyl carbamates (subject to hydrolysis) is 1. The van der Waals surface area contributed by atoms with Crippen molar-refractivity contribution in [3.63, 3.8) is 0 Å². The molecule has 3 aliphatic carbocycles. The molecule has 3 aliphatic heterocycles. The summed E-state index contributed by atoms with van der Waals surface area (Å²) in [6.07, 6.45) is 12.2. The number of carbonyl (C=O) groups excluding carboxylic acids is 4. The molecule has 1 spiro atoms. The van der Waals surface area contributed by atoms with E-state index >= 15 is 0 Å². The molecule has 3 N–H and O–H groups in total. The second-order valence-electron chi connectivity index (χ2n) is 18.0. The minimum absolute atomic E-state index is 0.000872. The van der Waals surface area contributed by atoms with Crippen LogP contribution in [0.5, 0.6) is 11.5 Å². The molecule has 1 saturated heterocycles. The molecule has 15 heteroatoms. The summed E-state index contributed by atoms with van der Waals surface area (Å²) >= 11 is 0. The van der Waals surface area contributed by atoms with Gasteiger partial charge in [0.25, 0.3) is 5.91 Å². The van der Waals surface area contributed by atoms with Crippen molar-refractivity contribution in [3.8, 4) is 11.5 Å². The van der Waals surface area contributed by atoms with Crippen molar-refractivity contribution < 1.29 is 41.8 Å². The Morgan fingerprint density at radius 2 is 1.79 bits per heavy atom. The number of aryl methyl sites for hydroxylation is 1. The van der Waals surface area contributed by atoms with E-state index in [4.69, 9.17) is 19.2 Å². The maximum atomic E-state index is 14.9. The second-order valence-corrected chi connectivity index (χ2v) is 20.2. The van der Waals surface area contributed by atoms with Gasteiger partial charge in [-0.15, -0.1) is 0 Å². The van der Waals surface area contributed by atoms with E-state index in [1.54, 1.807) is 14.0 Å². The molecule has 4 amide bonds. The highest BCUT2D eigenvalue weighted by molar-refractivity contribution is 7.91. The van der Waals surface area contributed by atoms with E-state index in [1.807, 2.05) is 44.2 Å². The Morgan fingerprint density at radius 1 is 1.03 bits per heavy atom. The van der Waals surface area contributed by atoms with Gasteiger partial charge in [0.2, 0.25) is 21.8 Å². The zero-order valence-corrected chi connectivity index (χ0v) is 34.9. The zero-order valence-electron chi connectivity index (χ0n) is 34.1. The number of benzene rings is 1. The molecule has 4 heterocycles. The molecule has 314 valence electrons. The SMILES string of the molecule is COc1ccc2nc(C(C)C)c3c(c2c1)CC[C@]1(C[C@H]2C(=O)N[C@]4(C(=O)NS(=O)(=O)C5(C)CC5)CC4/C=C\CCCCC[C@H](NC(=O)OC4CCCC4)C(=O)N2C1)O3. The molecule has 1 aromatic heterocycles. The van der Waals surface area contributed by atoms with Crippen molar-refractivity contribution in [1.29, 1.82) is 0 Å². The van der Waals surface area contributed by atoms with Gasteiger partial charge in [0, 0.05) is 23.3 Å². The molecular weight excluding hydrogens is 763 g/mol. The second kappa shape index (κ2) is 15.3. The summed E-state index contributed by atoms with van der Waals surface area (Å²) in [6, 6.07) is 3.73. The summed E-state index contributed by atoms with van der Waals surface area (Å²) in [5, 5.41) is 6.77. The zero-order chi connectivity index (χ0) is 41.0. The monoisotopic (exact) mass is 819 g/mol. The lowest BCUT2D eigenvalue weighted by Gasteiger charge is -2.37. The van der Waals surface area contributed by atoms with E-state index in [1.165, 1.54) is 4.90 Å². The fourth-order valence-corrected chi connectivity index (χ4v) is 10.7. The van der Waals surface area contributed by atoms with Crippen LogP contribution < -0.4 is 24.8 Å². The minimum Gasteiger partial charge on any atom is -0.497 e. The van der Waals surface area contributed by atoms with E-state index in [-0.39, 0.29) is 31.4 Å². The number of allylic oxidation sites excluding steroid dienone is 1. The fraction of sp³-hybridized carbons (Fsp3) is 0.651. The third-order valence-corrected chi connectivity index (χ3v) is 15.6. The van der Waals surface area contributed by atoms with Gasteiger partial charge >= 0.3 is 6.09 Å². The van der Waals surface area contributed by atoms with E-state index in [2.05, 4.69) is 15.4 Å². The van der Waals surface area contributed by atoms with Gasteiger partial charge in [-0.05, 0) is 108 Å². The van der Waals surface area contributed by atoms with Gasteiger partial charge in [-0.1, -0.05) is 38.8 Å². The van der Waals surface area contributed by atoms with Crippen molar-refractivity contribution in [2.45, 2.75) is 157 Å². The third-order valence-electron chi connectivity index (χ3n) is 13.5. The molecule has 8 rings (SSSR count). The van der Waals surface area contributed by atoms with E-state index in [0.717, 1.165) is 60.7 Å². The number of aromatic nitrogens is 1. The first kappa shape index (κ1) is 40.4. The summed E-state index contributed by atoms with van der Waals surface area (Å²) in [5.41, 5.74) is 0.0810. The third kappa shape index (κ3) is 7.63. The van der Waals surface area contributed by atoms with Gasteiger partial charge in [0.05, 0.1) is 29.6 Å². The number of rotatable bonds is 7. The normalized spacial score (nSPS) is 30.2. The number of methoxy groups -OCH3 is 1. The van der Waals surface area contributed by atoms with Gasteiger partial charge in [-0.2, -0.15) is 0 Å². The fourth-order valence-electron chi connectivity index (χ4n) is 9.39. The first-order chi connectivity index (χ1) is 27.7. The Hall–Kier alpha value is -4.40. The van der Waals surface area contributed by atoms with Gasteiger partial charge in [-0.3, -0.25) is 19.1 Å².